The van der Waals surface area contributed by atoms with Crippen molar-refractivity contribution in [2.24, 2.45) is 0 Å². The van der Waals surface area contributed by atoms with Crippen molar-refractivity contribution >= 4 is 22.4 Å². The van der Waals surface area contributed by atoms with Gasteiger partial charge in [0, 0.05) is 55.3 Å². The Morgan fingerprint density at radius 1 is 1.06 bits per heavy atom. The number of nitrogens with zero attached hydrogens (tertiary/aromatic N) is 5. The molecule has 3 heterocycles. The minimum absolute atomic E-state index is 0.0969. The largest absolute Gasteiger partial charge is 0.419 e. The van der Waals surface area contributed by atoms with Crippen LogP contribution in [0.15, 0.2) is 30.5 Å². The second-order valence-corrected chi connectivity index (χ2v) is 7.77. The fourth-order valence-corrected chi connectivity index (χ4v) is 3.87. The smallest absolute Gasteiger partial charge is 0.364 e. The first-order valence-corrected chi connectivity index (χ1v) is 10.5. The maximum absolute atomic E-state index is 14.4. The highest BCUT2D eigenvalue weighted by molar-refractivity contribution is 5.94. The van der Waals surface area contributed by atoms with E-state index >= 15 is 0 Å². The summed E-state index contributed by atoms with van der Waals surface area (Å²) < 4.78 is 53.4. The Balaban J connectivity index is 1.61. The summed E-state index contributed by atoms with van der Waals surface area (Å²) in [6, 6.07) is 5.15. The molecule has 0 atom stereocenters. The van der Waals surface area contributed by atoms with Crippen LogP contribution in [0.4, 0.5) is 29.2 Å². The molecule has 10 heteroatoms. The predicted molar refractivity (Wildman–Crippen MR) is 115 cm³/mol. The summed E-state index contributed by atoms with van der Waals surface area (Å²) in [5.41, 5.74) is -0.694. The van der Waals surface area contributed by atoms with E-state index in [1.807, 2.05) is 13.0 Å². The molecule has 170 valence electrons. The van der Waals surface area contributed by atoms with Crippen LogP contribution in [0.2, 0.25) is 0 Å². The molecule has 6 nitrogen and oxygen atoms in total. The van der Waals surface area contributed by atoms with Crippen LogP contribution in [0.5, 0.6) is 0 Å². The number of nitrogens with one attached hydrogen (secondary N) is 1. The van der Waals surface area contributed by atoms with Gasteiger partial charge in [0.1, 0.15) is 11.6 Å². The minimum Gasteiger partial charge on any atom is -0.364 e. The number of benzene rings is 1. The zero-order valence-electron chi connectivity index (χ0n) is 17.9. The molecular weight excluding hydrogens is 424 g/mol. The van der Waals surface area contributed by atoms with Crippen molar-refractivity contribution in [3.63, 3.8) is 0 Å². The van der Waals surface area contributed by atoms with Crippen molar-refractivity contribution in [1.29, 1.82) is 0 Å². The number of hydrogen-bond donors (Lipinski definition) is 1. The summed E-state index contributed by atoms with van der Waals surface area (Å²) in [5, 5.41) is 12.8. The van der Waals surface area contributed by atoms with Gasteiger partial charge in [0.25, 0.3) is 0 Å². The number of piperazine rings is 1. The van der Waals surface area contributed by atoms with Crippen LogP contribution in [-0.2, 0) is 12.7 Å². The van der Waals surface area contributed by atoms with Crippen LogP contribution in [0.25, 0.3) is 10.8 Å². The number of fused-ring (bicyclic) bond motifs is 1. The summed E-state index contributed by atoms with van der Waals surface area (Å²) in [6.45, 7) is 8.39. The van der Waals surface area contributed by atoms with Gasteiger partial charge in [-0.3, -0.25) is 0 Å². The lowest BCUT2D eigenvalue weighted by molar-refractivity contribution is -0.140. The number of aryl methyl sites for hydroxylation is 1. The van der Waals surface area contributed by atoms with E-state index in [2.05, 4.69) is 37.2 Å². The molecule has 0 saturated carbocycles. The second-order valence-electron chi connectivity index (χ2n) is 7.77. The third kappa shape index (κ3) is 4.45. The molecule has 0 amide bonds. The second kappa shape index (κ2) is 8.85. The van der Waals surface area contributed by atoms with Crippen molar-refractivity contribution in [3.8, 4) is 0 Å². The number of pyridine rings is 1. The highest BCUT2D eigenvalue weighted by atomic mass is 19.4. The van der Waals surface area contributed by atoms with Gasteiger partial charge in [0.15, 0.2) is 5.82 Å². The average Bonchev–Trinajstić information content (AvgIpc) is 2.78. The standard InChI is InChI=1S/C22H24F4N6/c1-3-31-7-9-32(10-8-31)19-11-16-17(13-27-19)14(2)29-30-21(16)28-12-15-5-4-6-18(20(15)23)22(24,25)26/h4-6,11,13H,3,7-10,12H2,1-2H3,(H,28,30). The number of aromatic nitrogens is 3. The molecule has 1 N–H and O–H groups in total. The fourth-order valence-electron chi connectivity index (χ4n) is 3.87. The molecule has 1 aliphatic heterocycles. The van der Waals surface area contributed by atoms with Crippen molar-refractivity contribution in [2.75, 3.05) is 42.9 Å². The summed E-state index contributed by atoms with van der Waals surface area (Å²) in [6.07, 6.45) is -3.02. The molecule has 4 rings (SSSR count). The van der Waals surface area contributed by atoms with Gasteiger partial charge in [-0.15, -0.1) is 5.10 Å². The first-order chi connectivity index (χ1) is 15.3. The van der Waals surface area contributed by atoms with Crippen molar-refractivity contribution < 1.29 is 17.6 Å². The lowest BCUT2D eigenvalue weighted by Crippen LogP contribution is -2.46. The molecular formula is C22H24F4N6. The van der Waals surface area contributed by atoms with E-state index < -0.39 is 17.6 Å². The number of likely N-dealkylation sites (N-methyl/N-ethyl adjacent to an activating group) is 1. The van der Waals surface area contributed by atoms with Gasteiger partial charge in [-0.2, -0.15) is 18.3 Å². The molecule has 0 spiro atoms. The maximum atomic E-state index is 14.4. The predicted octanol–water partition coefficient (Wildman–Crippen LogP) is 4.25. The Morgan fingerprint density at radius 3 is 2.50 bits per heavy atom. The van der Waals surface area contributed by atoms with E-state index in [-0.39, 0.29) is 12.1 Å². The number of alkyl halides is 3. The van der Waals surface area contributed by atoms with Crippen LogP contribution < -0.4 is 10.2 Å². The monoisotopic (exact) mass is 448 g/mol. The normalized spacial score (nSPS) is 15.4. The molecule has 1 saturated heterocycles. The number of hydrogen-bond acceptors (Lipinski definition) is 6. The first-order valence-electron chi connectivity index (χ1n) is 10.5. The van der Waals surface area contributed by atoms with Gasteiger partial charge in [-0.05, 0) is 25.6 Å². The van der Waals surface area contributed by atoms with E-state index in [1.54, 1.807) is 6.20 Å². The van der Waals surface area contributed by atoms with E-state index in [1.165, 1.54) is 12.1 Å². The molecule has 0 radical (unpaired) electrons. The number of rotatable bonds is 5. The number of anilines is 2. The van der Waals surface area contributed by atoms with Gasteiger partial charge in [0.05, 0.1) is 11.3 Å². The maximum Gasteiger partial charge on any atom is 0.419 e. The van der Waals surface area contributed by atoms with E-state index in [9.17, 15) is 17.6 Å². The van der Waals surface area contributed by atoms with Gasteiger partial charge < -0.3 is 15.1 Å². The highest BCUT2D eigenvalue weighted by Gasteiger charge is 2.34. The molecule has 0 unspecified atom stereocenters. The summed E-state index contributed by atoms with van der Waals surface area (Å²) in [7, 11) is 0. The first kappa shape index (κ1) is 22.2. The summed E-state index contributed by atoms with van der Waals surface area (Å²) in [5.74, 6) is -0.111. The molecule has 1 aliphatic rings. The quantitative estimate of drug-likeness (QED) is 0.589. The third-order valence-corrected chi connectivity index (χ3v) is 5.81. The third-order valence-electron chi connectivity index (χ3n) is 5.81. The molecule has 32 heavy (non-hydrogen) atoms. The molecule has 3 aromatic rings. The topological polar surface area (TPSA) is 57.2 Å². The molecule has 0 aliphatic carbocycles. The Hall–Kier alpha value is -3.01. The SMILES string of the molecule is CCN1CCN(c2cc3c(NCc4cccc(C(F)(F)F)c4F)nnc(C)c3cn2)CC1. The van der Waals surface area contributed by atoms with Gasteiger partial charge >= 0.3 is 6.18 Å². The van der Waals surface area contributed by atoms with Gasteiger partial charge in [0.2, 0.25) is 0 Å². The Kier molecular flexibility index (Phi) is 6.14. The van der Waals surface area contributed by atoms with Gasteiger partial charge in [-0.1, -0.05) is 19.1 Å². The van der Waals surface area contributed by atoms with E-state index in [0.717, 1.165) is 55.4 Å². The van der Waals surface area contributed by atoms with Crippen LogP contribution >= 0.6 is 0 Å². The molecule has 1 fully saturated rings. The number of halogens is 4. The molecule has 0 bridgehead atoms. The van der Waals surface area contributed by atoms with Crippen LogP contribution in [0.3, 0.4) is 0 Å². The molecule has 2 aromatic heterocycles. The highest BCUT2D eigenvalue weighted by Crippen LogP contribution is 2.33. The Labute approximate surface area is 183 Å². The Bertz CT molecular complexity index is 1110. The van der Waals surface area contributed by atoms with Crippen molar-refractivity contribution in [1.82, 2.24) is 20.1 Å². The zero-order chi connectivity index (χ0) is 22.9. The Morgan fingerprint density at radius 2 is 1.81 bits per heavy atom. The van der Waals surface area contributed by atoms with Crippen molar-refractivity contribution in [3.05, 3.63) is 53.1 Å². The fraction of sp³-hybridized carbons (Fsp3) is 0.409. The minimum atomic E-state index is -4.75. The summed E-state index contributed by atoms with van der Waals surface area (Å²) >= 11 is 0. The van der Waals surface area contributed by atoms with Crippen LogP contribution in [0.1, 0.15) is 23.7 Å². The van der Waals surface area contributed by atoms with Gasteiger partial charge in [-0.25, -0.2) is 9.37 Å². The van der Waals surface area contributed by atoms with Crippen LogP contribution in [-0.4, -0.2) is 52.8 Å². The van der Waals surface area contributed by atoms with Crippen LogP contribution in [0, 0.1) is 12.7 Å². The summed E-state index contributed by atoms with van der Waals surface area (Å²) in [4.78, 5) is 9.14. The average molecular weight is 448 g/mol. The lowest BCUT2D eigenvalue weighted by Gasteiger charge is -2.34. The lowest BCUT2D eigenvalue weighted by atomic mass is 10.1. The zero-order valence-corrected chi connectivity index (χ0v) is 17.9. The van der Waals surface area contributed by atoms with E-state index in [0.29, 0.717) is 11.5 Å². The van der Waals surface area contributed by atoms with E-state index in [4.69, 9.17) is 0 Å². The molecule has 1 aromatic carbocycles. The van der Waals surface area contributed by atoms with Crippen molar-refractivity contribution in [2.45, 2.75) is 26.6 Å².